The molecule has 0 fully saturated rings. The van der Waals surface area contributed by atoms with Crippen LogP contribution in [0.4, 0.5) is 5.69 Å². The Hall–Kier alpha value is -3.18. The van der Waals surface area contributed by atoms with E-state index >= 15 is 0 Å². The van der Waals surface area contributed by atoms with Gasteiger partial charge in [0.25, 0.3) is 0 Å². The van der Waals surface area contributed by atoms with E-state index in [0.717, 1.165) is 11.3 Å². The van der Waals surface area contributed by atoms with Crippen LogP contribution in [0.5, 0.6) is 17.4 Å². The number of carbonyl (C=O) groups is 2. The molecule has 2 aromatic rings. The minimum atomic E-state index is -1.24. The van der Waals surface area contributed by atoms with E-state index in [0.29, 0.717) is 27.6 Å². The summed E-state index contributed by atoms with van der Waals surface area (Å²) in [6.07, 6.45) is 1.26. The molecular formula is C18H16N2O7S2. The molecule has 11 heteroatoms. The minimum absolute atomic E-state index is 0.00115. The van der Waals surface area contributed by atoms with E-state index < -0.39 is 11.9 Å². The maximum absolute atomic E-state index is 11.7. The highest BCUT2D eigenvalue weighted by Gasteiger charge is 2.29. The number of aromatic nitrogens is 1. The second kappa shape index (κ2) is 8.05. The summed E-state index contributed by atoms with van der Waals surface area (Å²) >= 11 is 6.24. The molecule has 0 atom stereocenters. The van der Waals surface area contributed by atoms with Gasteiger partial charge >= 0.3 is 11.9 Å². The highest BCUT2D eigenvalue weighted by molar-refractivity contribution is 7.73. The quantitative estimate of drug-likeness (QED) is 0.564. The Morgan fingerprint density at radius 2 is 1.90 bits per heavy atom. The van der Waals surface area contributed by atoms with Crippen molar-refractivity contribution in [2.24, 2.45) is 4.99 Å². The molecule has 0 amide bonds. The van der Waals surface area contributed by atoms with Crippen LogP contribution < -0.4 is 9.47 Å². The number of methoxy groups -OCH3 is 2. The van der Waals surface area contributed by atoms with Crippen LogP contribution in [0.25, 0.3) is 11.6 Å². The number of hydrogen-bond acceptors (Lipinski definition) is 8. The lowest BCUT2D eigenvalue weighted by atomic mass is 10.0. The lowest BCUT2D eigenvalue weighted by molar-refractivity contribution is -0.137. The molecule has 1 aromatic carbocycles. The van der Waals surface area contributed by atoms with E-state index in [-0.39, 0.29) is 34.1 Å². The van der Waals surface area contributed by atoms with Gasteiger partial charge in [-0.25, -0.2) is 9.79 Å². The van der Waals surface area contributed by atoms with Gasteiger partial charge in [-0.15, -0.1) is 11.3 Å². The van der Waals surface area contributed by atoms with Crippen molar-refractivity contribution in [2.75, 3.05) is 14.2 Å². The van der Waals surface area contributed by atoms with Crippen LogP contribution in [0.15, 0.2) is 17.1 Å². The normalized spacial score (nSPS) is 13.9. The summed E-state index contributed by atoms with van der Waals surface area (Å²) in [5.74, 6) is -1.69. The fourth-order valence-electron chi connectivity index (χ4n) is 2.84. The molecule has 1 aromatic heterocycles. The number of aliphatic carboxylic acids is 2. The second-order valence-corrected chi connectivity index (χ2v) is 7.57. The molecule has 0 saturated heterocycles. The van der Waals surface area contributed by atoms with Crippen LogP contribution in [-0.4, -0.2) is 51.8 Å². The first-order valence-corrected chi connectivity index (χ1v) is 9.44. The number of benzene rings is 1. The average molecular weight is 436 g/mol. The molecular weight excluding hydrogens is 420 g/mol. The number of aliphatic imine (C=N–C) groups is 1. The fraction of sp³-hybridized carbons (Fsp3) is 0.222. The molecule has 0 spiro atoms. The smallest absolute Gasteiger partial charge is 0.355 e. The Morgan fingerprint density at radius 1 is 1.24 bits per heavy atom. The number of carboxylic acid groups (broad SMARTS) is 2. The van der Waals surface area contributed by atoms with Crippen LogP contribution in [0.1, 0.15) is 16.9 Å². The van der Waals surface area contributed by atoms with Crippen molar-refractivity contribution in [3.63, 3.8) is 0 Å². The van der Waals surface area contributed by atoms with Gasteiger partial charge in [0, 0.05) is 23.7 Å². The first-order valence-electron chi connectivity index (χ1n) is 8.21. The first kappa shape index (κ1) is 20.6. The Bertz CT molecular complexity index is 1130. The summed E-state index contributed by atoms with van der Waals surface area (Å²) in [6, 6.07) is 3.18. The van der Waals surface area contributed by atoms with Crippen molar-refractivity contribution in [2.45, 2.75) is 13.0 Å². The molecule has 1 aliphatic rings. The topological polar surface area (TPSA) is 131 Å². The predicted molar refractivity (Wildman–Crippen MR) is 109 cm³/mol. The molecule has 0 unspecified atom stereocenters. The lowest BCUT2D eigenvalue weighted by Gasteiger charge is -2.10. The predicted octanol–water partition coefficient (Wildman–Crippen LogP) is 3.19. The molecule has 0 aliphatic carbocycles. The van der Waals surface area contributed by atoms with Crippen LogP contribution in [-0.2, 0) is 16.1 Å². The molecule has 9 nitrogen and oxygen atoms in total. The van der Waals surface area contributed by atoms with Crippen molar-refractivity contribution < 1.29 is 34.4 Å². The second-order valence-electron chi connectivity index (χ2n) is 5.90. The Labute approximate surface area is 173 Å². The van der Waals surface area contributed by atoms with Gasteiger partial charge in [-0.1, -0.05) is 0 Å². The standard InChI is InChI=1S/C18H16N2O7S2/c1-26-11-5-8-9(15(17(24)25)19-10(8)7-12(11)27-2)6-13-16(23)20(18(28)29-13)4-3-14(21)22/h5-7,23H,3-4H2,1-2H3,(H,21,22)(H,24,25)/b9-6+. The Kier molecular flexibility index (Phi) is 5.71. The third-order valence-corrected chi connectivity index (χ3v) is 5.59. The number of carboxylic acids is 2. The average Bonchev–Trinajstić information content (AvgIpc) is 3.16. The highest BCUT2D eigenvalue weighted by Crippen LogP contribution is 2.44. The Morgan fingerprint density at radius 3 is 2.48 bits per heavy atom. The summed E-state index contributed by atoms with van der Waals surface area (Å²) in [6.45, 7) is 0.00115. The molecule has 3 N–H and O–H groups in total. The van der Waals surface area contributed by atoms with E-state index in [2.05, 4.69) is 4.99 Å². The number of nitrogens with zero attached hydrogens (tertiary/aromatic N) is 2. The van der Waals surface area contributed by atoms with Gasteiger partial charge in [0.15, 0.2) is 21.2 Å². The van der Waals surface area contributed by atoms with Crippen molar-refractivity contribution in [3.05, 3.63) is 26.5 Å². The largest absolute Gasteiger partial charge is 0.493 e. The number of fused-ring (bicyclic) bond motifs is 1. The molecule has 29 heavy (non-hydrogen) atoms. The number of aromatic hydroxyl groups is 1. The van der Waals surface area contributed by atoms with Crippen LogP contribution >= 0.6 is 23.6 Å². The van der Waals surface area contributed by atoms with E-state index in [1.807, 2.05) is 0 Å². The molecule has 0 radical (unpaired) electrons. The van der Waals surface area contributed by atoms with Crippen molar-refractivity contribution in [1.29, 1.82) is 0 Å². The Balaban J connectivity index is 2.13. The van der Waals surface area contributed by atoms with Crippen LogP contribution in [0.2, 0.25) is 0 Å². The zero-order valence-electron chi connectivity index (χ0n) is 15.3. The van der Waals surface area contributed by atoms with Gasteiger partial charge in [0.1, 0.15) is 0 Å². The van der Waals surface area contributed by atoms with Crippen molar-refractivity contribution in [3.8, 4) is 17.4 Å². The first-order chi connectivity index (χ1) is 13.8. The molecule has 2 heterocycles. The summed E-state index contributed by atoms with van der Waals surface area (Å²) in [5.41, 5.74) is 0.951. The third kappa shape index (κ3) is 3.87. The summed E-state index contributed by atoms with van der Waals surface area (Å²) in [7, 11) is 2.92. The molecule has 0 saturated carbocycles. The SMILES string of the molecule is COc1cc2c(cc1OC)/C(=C\c1sc(=S)n(CCC(=O)O)c1O)C(C(=O)O)=N2. The number of ether oxygens (including phenoxy) is 2. The molecule has 152 valence electrons. The molecule has 3 rings (SSSR count). The summed E-state index contributed by atoms with van der Waals surface area (Å²) in [4.78, 5) is 27.0. The van der Waals surface area contributed by atoms with E-state index in [4.69, 9.17) is 26.8 Å². The minimum Gasteiger partial charge on any atom is -0.493 e. The van der Waals surface area contributed by atoms with Crippen molar-refractivity contribution >= 4 is 58.5 Å². The van der Waals surface area contributed by atoms with Gasteiger partial charge < -0.3 is 24.8 Å². The van der Waals surface area contributed by atoms with Gasteiger partial charge in [0.2, 0.25) is 5.88 Å². The van der Waals surface area contributed by atoms with Gasteiger partial charge in [-0.05, 0) is 24.4 Å². The number of hydrogen-bond donors (Lipinski definition) is 3. The van der Waals surface area contributed by atoms with Gasteiger partial charge in [-0.2, -0.15) is 0 Å². The number of rotatable bonds is 7. The van der Waals surface area contributed by atoms with E-state index in [1.165, 1.54) is 24.9 Å². The monoisotopic (exact) mass is 436 g/mol. The fourth-order valence-corrected chi connectivity index (χ4v) is 4.14. The zero-order chi connectivity index (χ0) is 21.3. The highest BCUT2D eigenvalue weighted by atomic mass is 32.1. The van der Waals surface area contributed by atoms with E-state index in [9.17, 15) is 19.8 Å². The summed E-state index contributed by atoms with van der Waals surface area (Å²) in [5, 5.41) is 28.9. The van der Waals surface area contributed by atoms with Gasteiger partial charge in [0.05, 0.1) is 31.2 Å². The van der Waals surface area contributed by atoms with E-state index in [1.54, 1.807) is 12.1 Å². The third-order valence-electron chi connectivity index (χ3n) is 4.20. The zero-order valence-corrected chi connectivity index (χ0v) is 17.0. The lowest BCUT2D eigenvalue weighted by Crippen LogP contribution is -2.11. The van der Waals surface area contributed by atoms with Crippen molar-refractivity contribution in [1.82, 2.24) is 4.57 Å². The van der Waals surface area contributed by atoms with Crippen LogP contribution in [0.3, 0.4) is 0 Å². The molecule has 1 aliphatic heterocycles. The van der Waals surface area contributed by atoms with Gasteiger partial charge in [-0.3, -0.25) is 9.36 Å². The number of thiazole rings is 1. The maximum Gasteiger partial charge on any atom is 0.355 e. The summed E-state index contributed by atoms with van der Waals surface area (Å²) < 4.78 is 12.1. The van der Waals surface area contributed by atoms with Crippen LogP contribution in [0, 0.1) is 3.95 Å². The molecule has 0 bridgehead atoms. The maximum atomic E-state index is 11.7.